The van der Waals surface area contributed by atoms with Crippen LogP contribution in [0.15, 0.2) is 30.6 Å². The summed E-state index contributed by atoms with van der Waals surface area (Å²) in [5, 5.41) is 4.59. The van der Waals surface area contributed by atoms with Gasteiger partial charge < -0.3 is 9.88 Å². The lowest BCUT2D eigenvalue weighted by Gasteiger charge is -2.13. The maximum Gasteiger partial charge on any atom is 0.155 e. The minimum absolute atomic E-state index is 0.331. The number of hydrogen-bond donors (Lipinski definition) is 1. The molecule has 0 aliphatic rings. The average molecular weight is 282 g/mol. The van der Waals surface area contributed by atoms with Crippen molar-refractivity contribution in [2.24, 2.45) is 5.92 Å². The van der Waals surface area contributed by atoms with Crippen LogP contribution < -0.4 is 5.32 Å². The Hall–Kier alpha value is -2.10. The molecular formula is C17H22N4. The highest BCUT2D eigenvalue weighted by Gasteiger charge is 2.14. The molecule has 0 fully saturated rings. The Bertz CT molecular complexity index is 771. The molecular weight excluding hydrogens is 260 g/mol. The van der Waals surface area contributed by atoms with Crippen LogP contribution in [-0.2, 0) is 6.54 Å². The first-order valence-corrected chi connectivity index (χ1v) is 7.56. The summed E-state index contributed by atoms with van der Waals surface area (Å²) >= 11 is 0. The number of imidazole rings is 1. The Kier molecular flexibility index (Phi) is 3.53. The van der Waals surface area contributed by atoms with Gasteiger partial charge >= 0.3 is 0 Å². The number of para-hydroxylation sites is 1. The third-order valence-electron chi connectivity index (χ3n) is 3.44. The van der Waals surface area contributed by atoms with Crippen molar-refractivity contribution in [3.63, 3.8) is 0 Å². The lowest BCUT2D eigenvalue weighted by molar-refractivity contribution is 0.533. The van der Waals surface area contributed by atoms with Crippen LogP contribution in [0.3, 0.4) is 0 Å². The van der Waals surface area contributed by atoms with Gasteiger partial charge in [0.1, 0.15) is 5.52 Å². The molecule has 110 valence electrons. The zero-order valence-electron chi connectivity index (χ0n) is 13.1. The van der Waals surface area contributed by atoms with Crippen molar-refractivity contribution in [1.82, 2.24) is 14.5 Å². The monoisotopic (exact) mass is 282 g/mol. The van der Waals surface area contributed by atoms with Gasteiger partial charge in [-0.3, -0.25) is 0 Å². The van der Waals surface area contributed by atoms with Gasteiger partial charge in [0.25, 0.3) is 0 Å². The minimum atomic E-state index is 0.331. The van der Waals surface area contributed by atoms with Gasteiger partial charge in [-0.2, -0.15) is 0 Å². The Balaban J connectivity index is 2.30. The third-order valence-corrected chi connectivity index (χ3v) is 3.44. The molecule has 21 heavy (non-hydrogen) atoms. The Morgan fingerprint density at radius 2 is 1.90 bits per heavy atom. The van der Waals surface area contributed by atoms with E-state index in [4.69, 9.17) is 4.98 Å². The lowest BCUT2D eigenvalue weighted by atomic mass is 10.1. The van der Waals surface area contributed by atoms with Crippen LogP contribution in [0.2, 0.25) is 0 Å². The molecule has 2 heterocycles. The van der Waals surface area contributed by atoms with Gasteiger partial charge in [0.2, 0.25) is 0 Å². The minimum Gasteiger partial charge on any atom is -0.366 e. The quantitative estimate of drug-likeness (QED) is 0.784. The third kappa shape index (κ3) is 2.58. The smallest absolute Gasteiger partial charge is 0.155 e. The fourth-order valence-corrected chi connectivity index (χ4v) is 2.69. The van der Waals surface area contributed by atoms with Crippen molar-refractivity contribution in [3.8, 4) is 0 Å². The van der Waals surface area contributed by atoms with Gasteiger partial charge in [-0.1, -0.05) is 32.0 Å². The second-order valence-corrected chi connectivity index (χ2v) is 6.26. The molecule has 1 N–H and O–H groups in total. The molecule has 0 saturated heterocycles. The molecule has 4 nitrogen and oxygen atoms in total. The van der Waals surface area contributed by atoms with Crippen LogP contribution in [0.4, 0.5) is 5.82 Å². The van der Waals surface area contributed by atoms with E-state index in [1.165, 1.54) is 10.9 Å². The van der Waals surface area contributed by atoms with Crippen molar-refractivity contribution in [2.45, 2.75) is 40.3 Å². The maximum absolute atomic E-state index is 4.75. The SMILES string of the molecule is CC(C)Cn1cnc2c(NC(C)C)nc3ccccc3c21. The second-order valence-electron chi connectivity index (χ2n) is 6.26. The zero-order chi connectivity index (χ0) is 15.0. The standard InChI is InChI=1S/C17H22N4/c1-11(2)9-21-10-18-15-16(21)13-7-5-6-8-14(13)20-17(15)19-12(3)4/h5-8,10-12H,9H2,1-4H3,(H,19,20). The van der Waals surface area contributed by atoms with E-state index in [-0.39, 0.29) is 0 Å². The number of rotatable bonds is 4. The summed E-state index contributed by atoms with van der Waals surface area (Å²) in [5.41, 5.74) is 3.15. The highest BCUT2D eigenvalue weighted by atomic mass is 15.1. The summed E-state index contributed by atoms with van der Waals surface area (Å²) in [7, 11) is 0. The van der Waals surface area contributed by atoms with E-state index in [9.17, 15) is 0 Å². The maximum atomic E-state index is 4.75. The molecule has 0 aliphatic heterocycles. The van der Waals surface area contributed by atoms with Crippen molar-refractivity contribution in [3.05, 3.63) is 30.6 Å². The highest BCUT2D eigenvalue weighted by Crippen LogP contribution is 2.29. The van der Waals surface area contributed by atoms with Crippen molar-refractivity contribution in [1.29, 1.82) is 0 Å². The molecule has 0 spiro atoms. The summed E-state index contributed by atoms with van der Waals surface area (Å²) in [5.74, 6) is 1.46. The van der Waals surface area contributed by atoms with Crippen molar-refractivity contribution in [2.75, 3.05) is 5.32 Å². The van der Waals surface area contributed by atoms with Crippen LogP contribution in [0.1, 0.15) is 27.7 Å². The van der Waals surface area contributed by atoms with E-state index in [1.807, 2.05) is 12.4 Å². The molecule has 0 aliphatic carbocycles. The normalized spacial score (nSPS) is 11.9. The van der Waals surface area contributed by atoms with E-state index >= 15 is 0 Å². The molecule has 0 atom stereocenters. The van der Waals surface area contributed by atoms with E-state index in [2.05, 4.69) is 60.8 Å². The molecule has 4 heteroatoms. The lowest BCUT2D eigenvalue weighted by Crippen LogP contribution is -2.12. The largest absolute Gasteiger partial charge is 0.366 e. The summed E-state index contributed by atoms with van der Waals surface area (Å²) in [6.45, 7) is 9.65. The molecule has 0 amide bonds. The first-order valence-electron chi connectivity index (χ1n) is 7.56. The molecule has 0 saturated carbocycles. The van der Waals surface area contributed by atoms with Crippen molar-refractivity contribution < 1.29 is 0 Å². The Morgan fingerprint density at radius 3 is 2.62 bits per heavy atom. The average Bonchev–Trinajstić information content (AvgIpc) is 2.82. The van der Waals surface area contributed by atoms with Gasteiger partial charge in [-0.15, -0.1) is 0 Å². The van der Waals surface area contributed by atoms with E-state index in [0.29, 0.717) is 12.0 Å². The predicted molar refractivity (Wildman–Crippen MR) is 88.6 cm³/mol. The zero-order valence-corrected chi connectivity index (χ0v) is 13.1. The van der Waals surface area contributed by atoms with E-state index in [0.717, 1.165) is 23.4 Å². The van der Waals surface area contributed by atoms with Crippen LogP contribution in [0.5, 0.6) is 0 Å². The van der Waals surface area contributed by atoms with Gasteiger partial charge in [0.05, 0.1) is 17.4 Å². The van der Waals surface area contributed by atoms with Gasteiger partial charge in [-0.25, -0.2) is 9.97 Å². The molecule has 2 aromatic heterocycles. The van der Waals surface area contributed by atoms with Crippen LogP contribution >= 0.6 is 0 Å². The van der Waals surface area contributed by atoms with Crippen LogP contribution in [0, 0.1) is 5.92 Å². The second kappa shape index (κ2) is 5.35. The number of aromatic nitrogens is 3. The molecule has 1 aromatic carbocycles. The van der Waals surface area contributed by atoms with Crippen LogP contribution in [-0.4, -0.2) is 20.6 Å². The Morgan fingerprint density at radius 1 is 1.14 bits per heavy atom. The summed E-state index contributed by atoms with van der Waals surface area (Å²) in [6, 6.07) is 8.61. The first-order chi connectivity index (χ1) is 10.1. The number of benzene rings is 1. The molecule has 3 aromatic rings. The van der Waals surface area contributed by atoms with Crippen molar-refractivity contribution >= 4 is 27.8 Å². The number of hydrogen-bond acceptors (Lipinski definition) is 3. The summed E-state index contributed by atoms with van der Waals surface area (Å²) in [6.07, 6.45) is 1.93. The van der Waals surface area contributed by atoms with E-state index < -0.39 is 0 Å². The summed E-state index contributed by atoms with van der Waals surface area (Å²) < 4.78 is 2.25. The molecule has 3 rings (SSSR count). The topological polar surface area (TPSA) is 42.7 Å². The Labute approximate surface area is 125 Å². The fourth-order valence-electron chi connectivity index (χ4n) is 2.69. The predicted octanol–water partition coefficient (Wildman–Crippen LogP) is 4.06. The highest BCUT2D eigenvalue weighted by molar-refractivity contribution is 6.06. The summed E-state index contributed by atoms with van der Waals surface area (Å²) in [4.78, 5) is 9.36. The van der Waals surface area contributed by atoms with Crippen LogP contribution in [0.25, 0.3) is 21.9 Å². The van der Waals surface area contributed by atoms with E-state index in [1.54, 1.807) is 0 Å². The molecule has 0 unspecified atom stereocenters. The number of fused-ring (bicyclic) bond motifs is 3. The number of anilines is 1. The van der Waals surface area contributed by atoms with Gasteiger partial charge in [0, 0.05) is 18.0 Å². The molecule has 0 radical (unpaired) electrons. The fraction of sp³-hybridized carbons (Fsp3) is 0.412. The number of nitrogens with one attached hydrogen (secondary N) is 1. The van der Waals surface area contributed by atoms with Gasteiger partial charge in [0.15, 0.2) is 5.82 Å². The first kappa shape index (κ1) is 13.9. The van der Waals surface area contributed by atoms with Gasteiger partial charge in [-0.05, 0) is 25.8 Å². The molecule has 0 bridgehead atoms. The number of nitrogens with zero attached hydrogens (tertiary/aromatic N) is 3. The number of pyridine rings is 1.